The molecule has 0 saturated heterocycles. The highest BCUT2D eigenvalue weighted by Gasteiger charge is 2.12. The van der Waals surface area contributed by atoms with Crippen LogP contribution in [0.15, 0.2) is 63.2 Å². The van der Waals surface area contributed by atoms with Crippen LogP contribution in [0.1, 0.15) is 16.7 Å². The van der Waals surface area contributed by atoms with Crippen molar-refractivity contribution < 1.29 is 9.52 Å². The molecule has 4 rings (SSSR count). The minimum Gasteiger partial charge on any atom is -0.508 e. The predicted octanol–water partition coefficient (Wildman–Crippen LogP) is 3.99. The number of phenols is 1. The van der Waals surface area contributed by atoms with Gasteiger partial charge in [-0.3, -0.25) is 4.57 Å². The van der Waals surface area contributed by atoms with Crippen LogP contribution in [0.2, 0.25) is 0 Å². The average molecular weight is 379 g/mol. The maximum absolute atomic E-state index is 11.9. The number of aromatic hydroxyl groups is 1. The Morgan fingerprint density at radius 3 is 2.81 bits per heavy atom. The van der Waals surface area contributed by atoms with Crippen molar-refractivity contribution in [2.45, 2.75) is 24.8 Å². The van der Waals surface area contributed by atoms with Gasteiger partial charge < -0.3 is 9.52 Å². The molecule has 7 heteroatoms. The molecular weight excluding hydrogens is 362 g/mol. The summed E-state index contributed by atoms with van der Waals surface area (Å²) in [6.07, 6.45) is 1.69. The van der Waals surface area contributed by atoms with E-state index in [9.17, 15) is 9.90 Å². The fraction of sp³-hybridized carbons (Fsp3) is 0.150. The van der Waals surface area contributed by atoms with E-state index in [2.05, 4.69) is 36.2 Å². The van der Waals surface area contributed by atoms with Gasteiger partial charge in [0.2, 0.25) is 0 Å². The lowest BCUT2D eigenvalue weighted by molar-refractivity contribution is 0.473. The number of hydrogen-bond donors (Lipinski definition) is 1. The first kappa shape index (κ1) is 17.4. The maximum atomic E-state index is 11.9. The quantitative estimate of drug-likeness (QED) is 0.427. The summed E-state index contributed by atoms with van der Waals surface area (Å²) in [5, 5.41) is 19.4. The molecule has 0 atom stereocenters. The van der Waals surface area contributed by atoms with E-state index in [0.717, 1.165) is 27.4 Å². The van der Waals surface area contributed by atoms with E-state index < -0.39 is 5.63 Å². The number of benzene rings is 2. The Bertz CT molecular complexity index is 1200. The number of nitrogens with zero attached hydrogens (tertiary/aromatic N) is 3. The van der Waals surface area contributed by atoms with E-state index in [-0.39, 0.29) is 5.75 Å². The molecule has 0 aliphatic heterocycles. The average Bonchev–Trinajstić information content (AvgIpc) is 3.07. The van der Waals surface area contributed by atoms with Gasteiger partial charge in [0.25, 0.3) is 0 Å². The molecule has 2 aromatic carbocycles. The van der Waals surface area contributed by atoms with E-state index in [0.29, 0.717) is 11.3 Å². The summed E-state index contributed by atoms with van der Waals surface area (Å²) < 4.78 is 7.13. The standard InChI is InChI=1S/C20H17N3O3S/c1-12-3-6-17(13(2)7-12)23-11-21-22-20(23)27-10-14-8-19(25)26-18-9-15(24)4-5-16(14)18/h3-9,11,24H,10H2,1-2H3. The molecule has 136 valence electrons. The van der Waals surface area contributed by atoms with Crippen LogP contribution in [-0.4, -0.2) is 19.9 Å². The summed E-state index contributed by atoms with van der Waals surface area (Å²) >= 11 is 1.49. The zero-order chi connectivity index (χ0) is 19.0. The lowest BCUT2D eigenvalue weighted by atomic mass is 10.1. The minimum atomic E-state index is -0.445. The predicted molar refractivity (Wildman–Crippen MR) is 105 cm³/mol. The van der Waals surface area contributed by atoms with Gasteiger partial charge in [0.05, 0.1) is 5.69 Å². The Morgan fingerprint density at radius 2 is 2.00 bits per heavy atom. The van der Waals surface area contributed by atoms with E-state index in [4.69, 9.17) is 4.42 Å². The van der Waals surface area contributed by atoms with Crippen molar-refractivity contribution in [3.8, 4) is 11.4 Å². The molecule has 0 aliphatic carbocycles. The SMILES string of the molecule is Cc1ccc(-n2cnnc2SCc2cc(=O)oc3cc(O)ccc23)c(C)c1. The van der Waals surface area contributed by atoms with Crippen molar-refractivity contribution >= 4 is 22.7 Å². The van der Waals surface area contributed by atoms with Gasteiger partial charge in [-0.1, -0.05) is 29.5 Å². The molecule has 0 aliphatic rings. The Morgan fingerprint density at radius 1 is 1.15 bits per heavy atom. The van der Waals surface area contributed by atoms with E-state index >= 15 is 0 Å². The number of aromatic nitrogens is 3. The second-order valence-corrected chi connectivity index (χ2v) is 7.28. The first-order valence-corrected chi connectivity index (χ1v) is 9.36. The summed E-state index contributed by atoms with van der Waals surface area (Å²) in [6, 6.07) is 12.5. The molecule has 2 aromatic heterocycles. The lowest BCUT2D eigenvalue weighted by Gasteiger charge is -2.10. The number of rotatable bonds is 4. The van der Waals surface area contributed by atoms with Crippen molar-refractivity contribution in [1.82, 2.24) is 14.8 Å². The van der Waals surface area contributed by atoms with Crippen LogP contribution in [0.5, 0.6) is 5.75 Å². The molecule has 0 amide bonds. The van der Waals surface area contributed by atoms with E-state index in [1.165, 1.54) is 29.5 Å². The fourth-order valence-corrected chi connectivity index (χ4v) is 3.96. The van der Waals surface area contributed by atoms with Crippen molar-refractivity contribution in [3.63, 3.8) is 0 Å². The van der Waals surface area contributed by atoms with Crippen LogP contribution < -0.4 is 5.63 Å². The summed E-state index contributed by atoms with van der Waals surface area (Å²) in [6.45, 7) is 4.11. The second-order valence-electron chi connectivity index (χ2n) is 6.33. The van der Waals surface area contributed by atoms with Crippen LogP contribution in [0.4, 0.5) is 0 Å². The fourth-order valence-electron chi connectivity index (χ4n) is 3.04. The molecule has 2 heterocycles. The summed E-state index contributed by atoms with van der Waals surface area (Å²) in [5.74, 6) is 0.585. The molecule has 0 radical (unpaired) electrons. The molecule has 0 unspecified atom stereocenters. The number of fused-ring (bicyclic) bond motifs is 1. The van der Waals surface area contributed by atoms with Gasteiger partial charge in [-0.25, -0.2) is 4.79 Å². The zero-order valence-corrected chi connectivity index (χ0v) is 15.7. The van der Waals surface area contributed by atoms with E-state index in [1.807, 2.05) is 10.6 Å². The normalized spacial score (nSPS) is 11.2. The van der Waals surface area contributed by atoms with Crippen molar-refractivity contribution in [3.05, 3.63) is 75.9 Å². The van der Waals surface area contributed by atoms with Crippen LogP contribution in [0.3, 0.4) is 0 Å². The van der Waals surface area contributed by atoms with Crippen molar-refractivity contribution in [2.75, 3.05) is 0 Å². The molecule has 6 nitrogen and oxygen atoms in total. The monoisotopic (exact) mass is 379 g/mol. The van der Waals surface area contributed by atoms with Crippen LogP contribution in [0.25, 0.3) is 16.7 Å². The van der Waals surface area contributed by atoms with Crippen molar-refractivity contribution in [2.24, 2.45) is 0 Å². The molecule has 0 fully saturated rings. The topological polar surface area (TPSA) is 81.2 Å². The van der Waals surface area contributed by atoms with Gasteiger partial charge in [-0.15, -0.1) is 10.2 Å². The first-order chi connectivity index (χ1) is 13.0. The molecular formula is C20H17N3O3S. The highest BCUT2D eigenvalue weighted by Crippen LogP contribution is 2.29. The Balaban J connectivity index is 1.67. The van der Waals surface area contributed by atoms with E-state index in [1.54, 1.807) is 18.5 Å². The largest absolute Gasteiger partial charge is 0.508 e. The maximum Gasteiger partial charge on any atom is 0.336 e. The van der Waals surface area contributed by atoms with Crippen LogP contribution in [0, 0.1) is 13.8 Å². The molecule has 0 bridgehead atoms. The molecule has 1 N–H and O–H groups in total. The molecule has 27 heavy (non-hydrogen) atoms. The van der Waals surface area contributed by atoms with Crippen LogP contribution in [-0.2, 0) is 5.75 Å². The Hall–Kier alpha value is -3.06. The highest BCUT2D eigenvalue weighted by molar-refractivity contribution is 7.98. The Kier molecular flexibility index (Phi) is 4.45. The smallest absolute Gasteiger partial charge is 0.336 e. The third kappa shape index (κ3) is 3.46. The number of phenolic OH excluding ortho intramolecular Hbond substituents is 1. The van der Waals surface area contributed by atoms with Gasteiger partial charge in [0.1, 0.15) is 17.7 Å². The molecule has 0 spiro atoms. The van der Waals surface area contributed by atoms with Gasteiger partial charge in [-0.2, -0.15) is 0 Å². The number of hydrogen-bond acceptors (Lipinski definition) is 6. The van der Waals surface area contributed by atoms with Gasteiger partial charge in [0, 0.05) is 23.3 Å². The van der Waals surface area contributed by atoms with Crippen LogP contribution >= 0.6 is 11.8 Å². The third-order valence-electron chi connectivity index (χ3n) is 4.30. The van der Waals surface area contributed by atoms with Gasteiger partial charge in [-0.05, 0) is 43.2 Å². The number of thioether (sulfide) groups is 1. The zero-order valence-electron chi connectivity index (χ0n) is 14.8. The Labute approximate surface area is 159 Å². The summed E-state index contributed by atoms with van der Waals surface area (Å²) in [4.78, 5) is 11.9. The summed E-state index contributed by atoms with van der Waals surface area (Å²) in [5.41, 5.74) is 4.10. The molecule has 4 aromatic rings. The lowest BCUT2D eigenvalue weighted by Crippen LogP contribution is -2.01. The van der Waals surface area contributed by atoms with Crippen molar-refractivity contribution in [1.29, 1.82) is 0 Å². The number of aryl methyl sites for hydroxylation is 2. The van der Waals surface area contributed by atoms with Gasteiger partial charge in [0.15, 0.2) is 5.16 Å². The summed E-state index contributed by atoms with van der Waals surface area (Å²) in [7, 11) is 0. The first-order valence-electron chi connectivity index (χ1n) is 8.37. The van der Waals surface area contributed by atoms with Gasteiger partial charge >= 0.3 is 5.63 Å². The highest BCUT2D eigenvalue weighted by atomic mass is 32.2. The third-order valence-corrected chi connectivity index (χ3v) is 5.29. The molecule has 0 saturated carbocycles. The minimum absolute atomic E-state index is 0.0602. The second kappa shape index (κ2) is 6.92.